The van der Waals surface area contributed by atoms with Crippen molar-refractivity contribution in [1.82, 2.24) is 5.32 Å². The Morgan fingerprint density at radius 1 is 1.67 bits per heavy atom. The van der Waals surface area contributed by atoms with Gasteiger partial charge >= 0.3 is 18.9 Å². The molecule has 0 radical (unpaired) electrons. The van der Waals surface area contributed by atoms with Crippen LogP contribution in [0.2, 0.25) is 0 Å². The molecule has 6 heavy (non-hydrogen) atoms. The van der Waals surface area contributed by atoms with E-state index in [0.29, 0.717) is 0 Å². The van der Waals surface area contributed by atoms with E-state index in [0.717, 1.165) is 13.1 Å². The van der Waals surface area contributed by atoms with Gasteiger partial charge < -0.3 is 12.2 Å². The van der Waals surface area contributed by atoms with Gasteiger partial charge in [0.2, 0.25) is 0 Å². The van der Waals surface area contributed by atoms with Gasteiger partial charge in [0.1, 0.15) is 0 Å². The van der Waals surface area contributed by atoms with Crippen LogP contribution < -0.4 is 24.2 Å². The quantitative estimate of drug-likeness (QED) is 0.283. The Hall–Kier alpha value is 0.557. The molecule has 1 N–H and O–H groups in total. The molecule has 0 aliphatic rings. The largest absolute Gasteiger partial charge is 1.00 e. The molecular formula is C4H10LiN. The molecule has 0 heterocycles. The van der Waals surface area contributed by atoms with Gasteiger partial charge in [0, 0.05) is 0 Å². The van der Waals surface area contributed by atoms with E-state index in [1.54, 1.807) is 0 Å². The fourth-order valence-corrected chi connectivity index (χ4v) is 0.177. The van der Waals surface area contributed by atoms with Crippen LogP contribution in [0.1, 0.15) is 6.92 Å². The SMILES string of the molecule is [CH2-]CNCC.[Li+]. The average molecular weight is 79.1 g/mol. The molecular weight excluding hydrogens is 69.0 g/mol. The molecule has 0 atom stereocenters. The Bertz CT molecular complexity index is 15.0. The molecule has 0 saturated carbocycles. The van der Waals surface area contributed by atoms with E-state index in [1.807, 2.05) is 0 Å². The summed E-state index contributed by atoms with van der Waals surface area (Å²) in [4.78, 5) is 0. The van der Waals surface area contributed by atoms with Crippen LogP contribution in [0, 0.1) is 6.92 Å². The monoisotopic (exact) mass is 79.1 g/mol. The van der Waals surface area contributed by atoms with Crippen molar-refractivity contribution >= 4 is 0 Å². The minimum Gasteiger partial charge on any atom is -0.347 e. The third-order valence-corrected chi connectivity index (χ3v) is 0.427. The van der Waals surface area contributed by atoms with Gasteiger partial charge in [0.05, 0.1) is 0 Å². The summed E-state index contributed by atoms with van der Waals surface area (Å²) in [5.41, 5.74) is 0. The molecule has 0 amide bonds. The maximum absolute atomic E-state index is 3.56. The topological polar surface area (TPSA) is 12.0 Å². The van der Waals surface area contributed by atoms with Crippen molar-refractivity contribution in [3.05, 3.63) is 6.92 Å². The smallest absolute Gasteiger partial charge is 0.347 e. The fraction of sp³-hybridized carbons (Fsp3) is 0.750. The Balaban J connectivity index is 0. The molecule has 0 rings (SSSR count). The molecule has 32 valence electrons. The van der Waals surface area contributed by atoms with E-state index in [2.05, 4.69) is 19.2 Å². The molecule has 0 aliphatic carbocycles. The molecule has 2 heteroatoms. The summed E-state index contributed by atoms with van der Waals surface area (Å²) in [5, 5.41) is 3.00. The average Bonchev–Trinajstić information content (AvgIpc) is 1.41. The van der Waals surface area contributed by atoms with Gasteiger partial charge in [-0.15, -0.1) is 6.54 Å². The minimum atomic E-state index is 0. The van der Waals surface area contributed by atoms with Crippen molar-refractivity contribution in [3.8, 4) is 0 Å². The molecule has 0 aromatic rings. The van der Waals surface area contributed by atoms with Crippen molar-refractivity contribution in [3.63, 3.8) is 0 Å². The second kappa shape index (κ2) is 9.12. The minimum absolute atomic E-state index is 0. The van der Waals surface area contributed by atoms with Crippen molar-refractivity contribution in [2.45, 2.75) is 6.92 Å². The number of nitrogens with one attached hydrogen (secondary N) is 1. The molecule has 0 aromatic carbocycles. The predicted octanol–water partition coefficient (Wildman–Crippen LogP) is -2.57. The van der Waals surface area contributed by atoms with Crippen LogP contribution in [0.4, 0.5) is 0 Å². The van der Waals surface area contributed by atoms with Crippen molar-refractivity contribution in [2.75, 3.05) is 13.1 Å². The Labute approximate surface area is 51.7 Å². The molecule has 0 aliphatic heterocycles. The summed E-state index contributed by atoms with van der Waals surface area (Å²) in [5.74, 6) is 0. The van der Waals surface area contributed by atoms with Crippen LogP contribution in [0.15, 0.2) is 0 Å². The normalized spacial score (nSPS) is 7.00. The van der Waals surface area contributed by atoms with E-state index >= 15 is 0 Å². The number of rotatable bonds is 2. The van der Waals surface area contributed by atoms with Gasteiger partial charge in [0.25, 0.3) is 0 Å². The predicted molar refractivity (Wildman–Crippen MR) is 23.9 cm³/mol. The van der Waals surface area contributed by atoms with Crippen LogP contribution in [-0.4, -0.2) is 13.1 Å². The van der Waals surface area contributed by atoms with E-state index in [-0.39, 0.29) is 18.9 Å². The fourth-order valence-electron chi connectivity index (χ4n) is 0.177. The summed E-state index contributed by atoms with van der Waals surface area (Å²) < 4.78 is 0. The first kappa shape index (κ1) is 9.75. The van der Waals surface area contributed by atoms with E-state index in [4.69, 9.17) is 0 Å². The van der Waals surface area contributed by atoms with Gasteiger partial charge in [-0.1, -0.05) is 6.92 Å². The van der Waals surface area contributed by atoms with Crippen LogP contribution >= 0.6 is 0 Å². The first-order valence-electron chi connectivity index (χ1n) is 1.91. The summed E-state index contributed by atoms with van der Waals surface area (Å²) in [7, 11) is 0. The Morgan fingerprint density at radius 2 is 2.17 bits per heavy atom. The van der Waals surface area contributed by atoms with Gasteiger partial charge in [0.15, 0.2) is 0 Å². The van der Waals surface area contributed by atoms with Crippen molar-refractivity contribution in [1.29, 1.82) is 0 Å². The van der Waals surface area contributed by atoms with Crippen LogP contribution in [0.5, 0.6) is 0 Å². The Morgan fingerprint density at radius 3 is 2.17 bits per heavy atom. The van der Waals surface area contributed by atoms with Gasteiger partial charge in [-0.25, -0.2) is 0 Å². The standard InChI is InChI=1S/C4H10N.Li/c1-3-5-4-2;/h5H,1,3-4H2,2H3;/q-1;+1. The maximum atomic E-state index is 3.56. The number of hydrogen-bond donors (Lipinski definition) is 1. The van der Waals surface area contributed by atoms with Gasteiger partial charge in [-0.05, 0) is 6.54 Å². The molecule has 0 spiro atoms. The number of hydrogen-bond acceptors (Lipinski definition) is 1. The first-order chi connectivity index (χ1) is 2.41. The molecule has 0 fully saturated rings. The zero-order valence-electron chi connectivity index (χ0n) is 4.62. The molecule has 0 saturated heterocycles. The second-order valence-electron chi connectivity index (χ2n) is 0.854. The molecule has 0 unspecified atom stereocenters. The van der Waals surface area contributed by atoms with Gasteiger partial charge in [-0.2, -0.15) is 0 Å². The summed E-state index contributed by atoms with van der Waals surface area (Å²) in [6.07, 6.45) is 0. The van der Waals surface area contributed by atoms with Crippen LogP contribution in [0.3, 0.4) is 0 Å². The summed E-state index contributed by atoms with van der Waals surface area (Å²) in [6, 6.07) is 0. The molecule has 1 nitrogen and oxygen atoms in total. The third-order valence-electron chi connectivity index (χ3n) is 0.427. The van der Waals surface area contributed by atoms with E-state index in [1.165, 1.54) is 0 Å². The van der Waals surface area contributed by atoms with Crippen LogP contribution in [-0.2, 0) is 0 Å². The second-order valence-corrected chi connectivity index (χ2v) is 0.854. The first-order valence-corrected chi connectivity index (χ1v) is 1.91. The third kappa shape index (κ3) is 8.82. The Kier molecular flexibility index (Phi) is 14.8. The maximum Gasteiger partial charge on any atom is 1.00 e. The van der Waals surface area contributed by atoms with Crippen molar-refractivity contribution < 1.29 is 18.9 Å². The summed E-state index contributed by atoms with van der Waals surface area (Å²) >= 11 is 0. The molecule has 0 bridgehead atoms. The zero-order valence-corrected chi connectivity index (χ0v) is 4.62. The van der Waals surface area contributed by atoms with Crippen molar-refractivity contribution in [2.24, 2.45) is 0 Å². The van der Waals surface area contributed by atoms with Crippen LogP contribution in [0.25, 0.3) is 0 Å². The van der Waals surface area contributed by atoms with Gasteiger partial charge in [-0.3, -0.25) is 0 Å². The van der Waals surface area contributed by atoms with E-state index in [9.17, 15) is 0 Å². The zero-order chi connectivity index (χ0) is 4.12. The molecule has 0 aromatic heterocycles. The van der Waals surface area contributed by atoms with E-state index < -0.39 is 0 Å². The summed E-state index contributed by atoms with van der Waals surface area (Å²) in [6.45, 7) is 7.50.